The molecule has 0 N–H and O–H groups in total. The van der Waals surface area contributed by atoms with Gasteiger partial charge in [0.1, 0.15) is 18.1 Å². The van der Waals surface area contributed by atoms with Crippen LogP contribution in [0.25, 0.3) is 0 Å². The van der Waals surface area contributed by atoms with Gasteiger partial charge in [-0.15, -0.1) is 11.8 Å². The monoisotopic (exact) mass is 302 g/mol. The largest absolute Gasteiger partial charge is 0.496 e. The summed E-state index contributed by atoms with van der Waals surface area (Å²) < 4.78 is 11.1. The summed E-state index contributed by atoms with van der Waals surface area (Å²) in [5.74, 6) is 1.55. The fourth-order valence-corrected chi connectivity index (χ4v) is 2.35. The Morgan fingerprint density at radius 3 is 2.43 bits per heavy atom. The average Bonchev–Trinajstić information content (AvgIpc) is 2.53. The van der Waals surface area contributed by atoms with Crippen molar-refractivity contribution in [2.75, 3.05) is 13.4 Å². The Hall–Kier alpha value is -1.94. The van der Waals surface area contributed by atoms with E-state index in [-0.39, 0.29) is 5.78 Å². The Balaban J connectivity index is 2.13. The summed E-state index contributed by atoms with van der Waals surface area (Å²) in [6, 6.07) is 13.3. The Bertz CT molecular complexity index is 620. The zero-order valence-electron chi connectivity index (χ0n) is 12.4. The van der Waals surface area contributed by atoms with Crippen molar-refractivity contribution in [3.63, 3.8) is 0 Å². The number of hydrogen-bond donors (Lipinski definition) is 0. The lowest BCUT2D eigenvalue weighted by atomic mass is 10.1. The van der Waals surface area contributed by atoms with Crippen LogP contribution >= 0.6 is 11.8 Å². The van der Waals surface area contributed by atoms with Crippen LogP contribution in [-0.4, -0.2) is 19.1 Å². The molecule has 3 nitrogen and oxygen atoms in total. The van der Waals surface area contributed by atoms with Gasteiger partial charge >= 0.3 is 0 Å². The maximum atomic E-state index is 11.5. The molecule has 0 unspecified atom stereocenters. The number of rotatable bonds is 6. The molecule has 21 heavy (non-hydrogen) atoms. The van der Waals surface area contributed by atoms with Crippen LogP contribution in [0, 0.1) is 0 Å². The van der Waals surface area contributed by atoms with Gasteiger partial charge < -0.3 is 9.47 Å². The molecule has 0 atom stereocenters. The first-order valence-electron chi connectivity index (χ1n) is 6.58. The van der Waals surface area contributed by atoms with Crippen LogP contribution < -0.4 is 9.47 Å². The van der Waals surface area contributed by atoms with E-state index in [2.05, 4.69) is 0 Å². The molecular weight excluding hydrogens is 284 g/mol. The van der Waals surface area contributed by atoms with E-state index in [9.17, 15) is 4.79 Å². The predicted molar refractivity (Wildman–Crippen MR) is 85.6 cm³/mol. The van der Waals surface area contributed by atoms with Gasteiger partial charge in [-0.05, 0) is 55.6 Å². The molecule has 2 aromatic rings. The molecule has 0 amide bonds. The zero-order chi connectivity index (χ0) is 15.2. The summed E-state index contributed by atoms with van der Waals surface area (Å²) in [5.41, 5.74) is 1.52. The molecule has 110 valence electrons. The van der Waals surface area contributed by atoms with Gasteiger partial charge in [-0.1, -0.05) is 0 Å². The quantitative estimate of drug-likeness (QED) is 0.592. The second-order valence-corrected chi connectivity index (χ2v) is 5.43. The van der Waals surface area contributed by atoms with Gasteiger partial charge in [0, 0.05) is 16.0 Å². The van der Waals surface area contributed by atoms with Crippen molar-refractivity contribution >= 4 is 17.5 Å². The van der Waals surface area contributed by atoms with Crippen LogP contribution in [0.1, 0.15) is 22.8 Å². The van der Waals surface area contributed by atoms with Crippen LogP contribution in [0.2, 0.25) is 0 Å². The molecule has 0 saturated heterocycles. The maximum absolute atomic E-state index is 11.5. The van der Waals surface area contributed by atoms with E-state index < -0.39 is 0 Å². The highest BCUT2D eigenvalue weighted by Gasteiger charge is 2.08. The van der Waals surface area contributed by atoms with Crippen LogP contribution in [0.5, 0.6) is 11.5 Å². The number of ketones is 1. The molecular formula is C17H18O3S. The van der Waals surface area contributed by atoms with Crippen LogP contribution in [-0.2, 0) is 6.61 Å². The Kier molecular flexibility index (Phi) is 5.28. The number of hydrogen-bond acceptors (Lipinski definition) is 4. The number of thioether (sulfide) groups is 1. The minimum absolute atomic E-state index is 0.0308. The molecule has 2 rings (SSSR count). The van der Waals surface area contributed by atoms with Gasteiger partial charge in [0.2, 0.25) is 0 Å². The standard InChI is InChI=1S/C17H18O3S/c1-12(18)13-4-9-17(19-2)14(10-13)11-20-15-5-7-16(21-3)8-6-15/h4-10H,11H2,1-3H3. The van der Waals surface area contributed by atoms with Gasteiger partial charge in [0.25, 0.3) is 0 Å². The predicted octanol–water partition coefficient (Wildman–Crippen LogP) is 4.20. The summed E-state index contributed by atoms with van der Waals surface area (Å²) in [7, 11) is 1.61. The average molecular weight is 302 g/mol. The van der Waals surface area contributed by atoms with Crippen LogP contribution in [0.3, 0.4) is 0 Å². The fourth-order valence-electron chi connectivity index (χ4n) is 1.94. The third kappa shape index (κ3) is 4.02. The smallest absolute Gasteiger partial charge is 0.159 e. The van der Waals surface area contributed by atoms with E-state index in [0.29, 0.717) is 12.2 Å². The molecule has 0 bridgehead atoms. The van der Waals surface area contributed by atoms with Crippen molar-refractivity contribution in [1.29, 1.82) is 0 Å². The summed E-state index contributed by atoms with van der Waals surface area (Å²) in [6.07, 6.45) is 2.04. The highest BCUT2D eigenvalue weighted by molar-refractivity contribution is 7.98. The molecule has 0 aliphatic carbocycles. The SMILES string of the molecule is COc1ccc(C(C)=O)cc1COc1ccc(SC)cc1. The topological polar surface area (TPSA) is 35.5 Å². The van der Waals surface area contributed by atoms with Crippen molar-refractivity contribution in [3.05, 3.63) is 53.6 Å². The molecule has 0 spiro atoms. The third-order valence-corrected chi connectivity index (χ3v) is 3.88. The minimum Gasteiger partial charge on any atom is -0.496 e. The van der Waals surface area contributed by atoms with Crippen molar-refractivity contribution in [3.8, 4) is 11.5 Å². The van der Waals surface area contributed by atoms with Crippen molar-refractivity contribution < 1.29 is 14.3 Å². The number of benzene rings is 2. The Labute approximate surface area is 129 Å². The lowest BCUT2D eigenvalue weighted by Gasteiger charge is -2.11. The minimum atomic E-state index is 0.0308. The molecule has 0 aromatic heterocycles. The highest BCUT2D eigenvalue weighted by atomic mass is 32.2. The second-order valence-electron chi connectivity index (χ2n) is 4.55. The number of carbonyl (C=O) groups is 1. The molecule has 2 aromatic carbocycles. The van der Waals surface area contributed by atoms with Crippen LogP contribution in [0.15, 0.2) is 47.4 Å². The first kappa shape index (κ1) is 15.4. The van der Waals surface area contributed by atoms with Crippen molar-refractivity contribution in [2.45, 2.75) is 18.4 Å². The maximum Gasteiger partial charge on any atom is 0.159 e. The van der Waals surface area contributed by atoms with Crippen LogP contribution in [0.4, 0.5) is 0 Å². The summed E-state index contributed by atoms with van der Waals surface area (Å²) >= 11 is 1.69. The molecule has 0 saturated carbocycles. The van der Waals surface area contributed by atoms with E-state index in [1.807, 2.05) is 36.6 Å². The zero-order valence-corrected chi connectivity index (χ0v) is 13.2. The lowest BCUT2D eigenvalue weighted by molar-refractivity contribution is 0.101. The van der Waals surface area contributed by atoms with Gasteiger partial charge in [0.15, 0.2) is 5.78 Å². The summed E-state index contributed by atoms with van der Waals surface area (Å²) in [4.78, 5) is 12.7. The van der Waals surface area contributed by atoms with Crippen molar-refractivity contribution in [2.24, 2.45) is 0 Å². The molecule has 4 heteroatoms. The van der Waals surface area contributed by atoms with Gasteiger partial charge in [0.05, 0.1) is 7.11 Å². The van der Waals surface area contributed by atoms with E-state index in [1.54, 1.807) is 37.9 Å². The molecule has 0 fully saturated rings. The van der Waals surface area contributed by atoms with E-state index in [1.165, 1.54) is 4.90 Å². The summed E-state index contributed by atoms with van der Waals surface area (Å²) in [6.45, 7) is 1.91. The van der Waals surface area contributed by atoms with E-state index >= 15 is 0 Å². The fraction of sp³-hybridized carbons (Fsp3) is 0.235. The number of methoxy groups -OCH3 is 1. The normalized spacial score (nSPS) is 10.2. The number of carbonyl (C=O) groups excluding carboxylic acids is 1. The first-order chi connectivity index (χ1) is 10.1. The molecule has 0 heterocycles. The summed E-state index contributed by atoms with van der Waals surface area (Å²) in [5, 5.41) is 0. The van der Waals surface area contributed by atoms with Gasteiger partial charge in [-0.2, -0.15) is 0 Å². The third-order valence-electron chi connectivity index (χ3n) is 3.14. The lowest BCUT2D eigenvalue weighted by Crippen LogP contribution is -2.01. The molecule has 0 aliphatic heterocycles. The van der Waals surface area contributed by atoms with E-state index in [0.717, 1.165) is 17.1 Å². The Morgan fingerprint density at radius 2 is 1.86 bits per heavy atom. The molecule has 0 radical (unpaired) electrons. The second kappa shape index (κ2) is 7.18. The number of ether oxygens (including phenoxy) is 2. The van der Waals surface area contributed by atoms with E-state index in [4.69, 9.17) is 9.47 Å². The van der Waals surface area contributed by atoms with Crippen molar-refractivity contribution in [1.82, 2.24) is 0 Å². The first-order valence-corrected chi connectivity index (χ1v) is 7.81. The van der Waals surface area contributed by atoms with Gasteiger partial charge in [-0.25, -0.2) is 0 Å². The number of Topliss-reactive ketones (excluding diaryl/α,β-unsaturated/α-hetero) is 1. The molecule has 0 aliphatic rings. The highest BCUT2D eigenvalue weighted by Crippen LogP contribution is 2.24. The Morgan fingerprint density at radius 1 is 1.14 bits per heavy atom. The van der Waals surface area contributed by atoms with Gasteiger partial charge in [-0.3, -0.25) is 4.79 Å².